The summed E-state index contributed by atoms with van der Waals surface area (Å²) in [5, 5.41) is 5.86. The number of rotatable bonds is 5. The van der Waals surface area contributed by atoms with E-state index in [0.29, 0.717) is 35.6 Å². The zero-order valence-corrected chi connectivity index (χ0v) is 15.2. The smallest absolute Gasteiger partial charge is 0.255 e. The van der Waals surface area contributed by atoms with E-state index in [9.17, 15) is 9.18 Å². The number of benzene rings is 2. The molecule has 0 bridgehead atoms. The molecule has 0 aliphatic carbocycles. The summed E-state index contributed by atoms with van der Waals surface area (Å²) < 4.78 is 25.6. The average Bonchev–Trinajstić information content (AvgIpc) is 2.64. The Labute approximate surface area is 152 Å². The number of anilines is 1. The van der Waals surface area contributed by atoms with Crippen molar-refractivity contribution < 1.29 is 18.7 Å². The maximum atomic E-state index is 14.7. The Balaban J connectivity index is 1.82. The summed E-state index contributed by atoms with van der Waals surface area (Å²) in [6.45, 7) is 5.20. The van der Waals surface area contributed by atoms with E-state index in [1.165, 1.54) is 7.11 Å². The van der Waals surface area contributed by atoms with Crippen LogP contribution in [-0.4, -0.2) is 25.7 Å². The Hall–Kier alpha value is -2.60. The molecule has 2 aromatic carbocycles. The van der Waals surface area contributed by atoms with Crippen LogP contribution in [0.1, 0.15) is 35.3 Å². The van der Waals surface area contributed by atoms with Gasteiger partial charge in [0.05, 0.1) is 18.9 Å². The van der Waals surface area contributed by atoms with Crippen LogP contribution in [0.25, 0.3) is 0 Å². The van der Waals surface area contributed by atoms with E-state index < -0.39 is 5.91 Å². The number of hydrogen-bond acceptors (Lipinski definition) is 4. The predicted molar refractivity (Wildman–Crippen MR) is 98.5 cm³/mol. The fourth-order valence-electron chi connectivity index (χ4n) is 2.98. The van der Waals surface area contributed by atoms with Crippen LogP contribution >= 0.6 is 0 Å². The first-order chi connectivity index (χ1) is 12.5. The van der Waals surface area contributed by atoms with Gasteiger partial charge in [0.1, 0.15) is 5.82 Å². The number of carbonyl (C=O) groups excluding carboxylic acids is 1. The molecule has 26 heavy (non-hydrogen) atoms. The van der Waals surface area contributed by atoms with E-state index in [1.807, 2.05) is 19.9 Å². The Kier molecular flexibility index (Phi) is 5.42. The molecule has 2 N–H and O–H groups in total. The maximum Gasteiger partial charge on any atom is 0.255 e. The molecule has 1 aliphatic rings. The number of halogens is 1. The minimum atomic E-state index is -0.396. The predicted octanol–water partition coefficient (Wildman–Crippen LogP) is 3.52. The fourth-order valence-corrected chi connectivity index (χ4v) is 2.98. The van der Waals surface area contributed by atoms with Gasteiger partial charge in [0.2, 0.25) is 0 Å². The summed E-state index contributed by atoms with van der Waals surface area (Å²) in [5.41, 5.74) is 2.16. The van der Waals surface area contributed by atoms with Crippen molar-refractivity contribution in [2.24, 2.45) is 0 Å². The number of nitrogens with one attached hydrogen (secondary N) is 2. The molecule has 6 heteroatoms. The number of carbonyl (C=O) groups is 1. The summed E-state index contributed by atoms with van der Waals surface area (Å²) in [6.07, 6.45) is 0.600. The summed E-state index contributed by atoms with van der Waals surface area (Å²) >= 11 is 0. The molecule has 2 aromatic rings. The molecular weight excluding hydrogens is 335 g/mol. The lowest BCUT2D eigenvalue weighted by Gasteiger charge is -2.19. The third-order valence-corrected chi connectivity index (χ3v) is 4.24. The van der Waals surface area contributed by atoms with Crippen molar-refractivity contribution in [1.82, 2.24) is 5.32 Å². The largest absolute Gasteiger partial charge is 0.493 e. The first-order valence-corrected chi connectivity index (χ1v) is 8.66. The number of amides is 1. The fraction of sp³-hybridized carbons (Fsp3) is 0.350. The van der Waals surface area contributed by atoms with Crippen LogP contribution in [0.15, 0.2) is 30.3 Å². The van der Waals surface area contributed by atoms with E-state index in [-0.39, 0.29) is 17.6 Å². The van der Waals surface area contributed by atoms with Gasteiger partial charge < -0.3 is 20.1 Å². The van der Waals surface area contributed by atoms with Gasteiger partial charge in [-0.25, -0.2) is 4.39 Å². The highest BCUT2D eigenvalue weighted by Gasteiger charge is 2.19. The first-order valence-electron chi connectivity index (χ1n) is 8.66. The van der Waals surface area contributed by atoms with Crippen molar-refractivity contribution in [3.8, 4) is 11.5 Å². The Bertz CT molecular complexity index is 821. The van der Waals surface area contributed by atoms with Crippen LogP contribution in [0.4, 0.5) is 10.1 Å². The van der Waals surface area contributed by atoms with E-state index in [0.717, 1.165) is 12.1 Å². The van der Waals surface area contributed by atoms with Crippen molar-refractivity contribution in [2.45, 2.75) is 32.9 Å². The zero-order chi connectivity index (χ0) is 18.7. The second-order valence-corrected chi connectivity index (χ2v) is 6.48. The van der Waals surface area contributed by atoms with E-state index >= 15 is 0 Å². The van der Waals surface area contributed by atoms with Gasteiger partial charge in [-0.05, 0) is 62.2 Å². The summed E-state index contributed by atoms with van der Waals surface area (Å²) in [5.74, 6) is 0.270. The number of fused-ring (bicyclic) bond motifs is 1. The molecule has 0 saturated heterocycles. The molecule has 138 valence electrons. The third kappa shape index (κ3) is 3.80. The monoisotopic (exact) mass is 358 g/mol. The SMILES string of the molecule is COc1cc(C(=O)Nc2ccc3c(c2F)CCNC3)ccc1OC(C)C. The standard InChI is InChI=1S/C20H23FN2O3/c1-12(2)26-17-7-5-13(10-18(17)25-3)20(24)23-16-6-4-14-11-22-9-8-15(14)19(16)21/h4-7,10,12,22H,8-9,11H2,1-3H3,(H,23,24). The van der Waals surface area contributed by atoms with Gasteiger partial charge in [0, 0.05) is 12.1 Å². The highest BCUT2D eigenvalue weighted by Crippen LogP contribution is 2.30. The minimum Gasteiger partial charge on any atom is -0.493 e. The first kappa shape index (κ1) is 18.2. The molecule has 1 amide bonds. The minimum absolute atomic E-state index is 0.0114. The molecule has 1 aliphatic heterocycles. The van der Waals surface area contributed by atoms with E-state index in [4.69, 9.17) is 9.47 Å². The molecule has 0 unspecified atom stereocenters. The van der Waals surface area contributed by atoms with Gasteiger partial charge >= 0.3 is 0 Å². The second kappa shape index (κ2) is 7.74. The van der Waals surface area contributed by atoms with Crippen LogP contribution < -0.4 is 20.1 Å². The molecule has 1 heterocycles. The number of hydrogen-bond donors (Lipinski definition) is 2. The second-order valence-electron chi connectivity index (χ2n) is 6.48. The number of methoxy groups -OCH3 is 1. The molecule has 0 saturated carbocycles. The molecule has 0 aromatic heterocycles. The summed E-state index contributed by atoms with van der Waals surface area (Å²) in [4.78, 5) is 12.5. The van der Waals surface area contributed by atoms with Crippen molar-refractivity contribution >= 4 is 11.6 Å². The van der Waals surface area contributed by atoms with Crippen LogP contribution in [0.2, 0.25) is 0 Å². The van der Waals surface area contributed by atoms with E-state index in [2.05, 4.69) is 10.6 Å². The normalized spacial score (nSPS) is 13.3. The van der Waals surface area contributed by atoms with Crippen molar-refractivity contribution in [1.29, 1.82) is 0 Å². The summed E-state index contributed by atoms with van der Waals surface area (Å²) in [7, 11) is 1.52. The lowest BCUT2D eigenvalue weighted by Crippen LogP contribution is -2.25. The number of ether oxygens (including phenoxy) is 2. The lowest BCUT2D eigenvalue weighted by atomic mass is 9.99. The Morgan fingerprint density at radius 2 is 2.04 bits per heavy atom. The third-order valence-electron chi connectivity index (χ3n) is 4.24. The van der Waals surface area contributed by atoms with E-state index in [1.54, 1.807) is 24.3 Å². The molecule has 0 radical (unpaired) electrons. The van der Waals surface area contributed by atoms with Gasteiger partial charge in [-0.2, -0.15) is 0 Å². The highest BCUT2D eigenvalue weighted by molar-refractivity contribution is 6.04. The quantitative estimate of drug-likeness (QED) is 0.859. The molecule has 0 atom stereocenters. The average molecular weight is 358 g/mol. The van der Waals surface area contributed by atoms with Crippen molar-refractivity contribution in [3.63, 3.8) is 0 Å². The highest BCUT2D eigenvalue weighted by atomic mass is 19.1. The lowest BCUT2D eigenvalue weighted by molar-refractivity contribution is 0.102. The van der Waals surface area contributed by atoms with Crippen LogP contribution in [-0.2, 0) is 13.0 Å². The van der Waals surface area contributed by atoms with Crippen molar-refractivity contribution in [3.05, 3.63) is 52.8 Å². The molecule has 3 rings (SSSR count). The van der Waals surface area contributed by atoms with Gasteiger partial charge in [-0.15, -0.1) is 0 Å². The van der Waals surface area contributed by atoms with Crippen LogP contribution in [0, 0.1) is 5.82 Å². The zero-order valence-electron chi connectivity index (χ0n) is 15.2. The maximum absolute atomic E-state index is 14.7. The molecular formula is C20H23FN2O3. The van der Waals surface area contributed by atoms with Crippen LogP contribution in [0.5, 0.6) is 11.5 Å². The van der Waals surface area contributed by atoms with Gasteiger partial charge in [-0.1, -0.05) is 6.07 Å². The Morgan fingerprint density at radius 3 is 2.77 bits per heavy atom. The van der Waals surface area contributed by atoms with Gasteiger partial charge in [-0.3, -0.25) is 4.79 Å². The van der Waals surface area contributed by atoms with Crippen molar-refractivity contribution in [2.75, 3.05) is 19.0 Å². The van der Waals surface area contributed by atoms with Gasteiger partial charge in [0.15, 0.2) is 11.5 Å². The topological polar surface area (TPSA) is 59.6 Å². The molecule has 0 spiro atoms. The van der Waals surface area contributed by atoms with Gasteiger partial charge in [0.25, 0.3) is 5.91 Å². The molecule has 5 nitrogen and oxygen atoms in total. The summed E-state index contributed by atoms with van der Waals surface area (Å²) in [6, 6.07) is 8.36. The Morgan fingerprint density at radius 1 is 1.23 bits per heavy atom. The van der Waals surface area contributed by atoms with Crippen LogP contribution in [0.3, 0.4) is 0 Å². The molecule has 0 fully saturated rings.